The maximum absolute atomic E-state index is 9.50. The topological polar surface area (TPSA) is 91.5 Å². The number of fused-ring (bicyclic) bond motifs is 2. The molecule has 2 aromatic heterocycles. The van der Waals surface area contributed by atoms with Crippen molar-refractivity contribution in [3.8, 4) is 0 Å². The quantitative estimate of drug-likeness (QED) is 0.847. The lowest BCUT2D eigenvalue weighted by atomic mass is 10.1. The molecule has 8 heteroatoms. The molecule has 4 unspecified atom stereocenters. The Morgan fingerprint density at radius 2 is 2.10 bits per heavy atom. The summed E-state index contributed by atoms with van der Waals surface area (Å²) in [5.41, 5.74) is 1.35. The fourth-order valence-corrected chi connectivity index (χ4v) is 3.00. The van der Waals surface area contributed by atoms with Crippen molar-refractivity contribution in [2.24, 2.45) is 0 Å². The van der Waals surface area contributed by atoms with E-state index in [0.29, 0.717) is 11.2 Å². The van der Waals surface area contributed by atoms with Crippen LogP contribution < -0.4 is 0 Å². The average Bonchev–Trinajstić information content (AvgIpc) is 3.09. The number of imidazole rings is 1. The minimum Gasteiger partial charge on any atom is -0.394 e. The van der Waals surface area contributed by atoms with Gasteiger partial charge in [-0.05, 0) is 13.8 Å². The highest BCUT2D eigenvalue weighted by Crippen LogP contribution is 2.43. The Morgan fingerprint density at radius 3 is 2.90 bits per heavy atom. The number of aliphatic hydroxyl groups is 1. The molecule has 1 N–H and O–H groups in total. The molecular formula is C13H16N4O4. The standard InChI is InChI=1S/C13H16N4O4/c1-13(2)20-9-8(4-18)19-12(10(9)21-13)17-6-16-7-3-14-5-15-11(7)17/h3,5-6,8-10,12,18H,4H2,1-2H3. The summed E-state index contributed by atoms with van der Waals surface area (Å²) in [6.07, 6.45) is 3.26. The molecule has 0 aliphatic carbocycles. The van der Waals surface area contributed by atoms with Gasteiger partial charge in [0.25, 0.3) is 0 Å². The van der Waals surface area contributed by atoms with E-state index in [1.807, 2.05) is 13.8 Å². The average molecular weight is 292 g/mol. The number of aromatic nitrogens is 4. The second-order valence-corrected chi connectivity index (χ2v) is 5.70. The summed E-state index contributed by atoms with van der Waals surface area (Å²) < 4.78 is 19.5. The molecule has 0 bridgehead atoms. The van der Waals surface area contributed by atoms with Crippen LogP contribution in [0.15, 0.2) is 18.9 Å². The maximum Gasteiger partial charge on any atom is 0.166 e. The number of aliphatic hydroxyl groups excluding tert-OH is 1. The Kier molecular flexibility index (Phi) is 2.77. The van der Waals surface area contributed by atoms with Crippen molar-refractivity contribution < 1.29 is 19.3 Å². The van der Waals surface area contributed by atoms with Gasteiger partial charge < -0.3 is 19.3 Å². The van der Waals surface area contributed by atoms with Gasteiger partial charge in [-0.3, -0.25) is 4.57 Å². The van der Waals surface area contributed by atoms with Crippen molar-refractivity contribution in [1.82, 2.24) is 19.5 Å². The van der Waals surface area contributed by atoms with Crippen LogP contribution in [0.2, 0.25) is 0 Å². The Balaban J connectivity index is 1.75. The van der Waals surface area contributed by atoms with E-state index in [1.54, 1.807) is 17.1 Å². The van der Waals surface area contributed by atoms with Crippen molar-refractivity contribution >= 4 is 11.2 Å². The predicted octanol–water partition coefficient (Wildman–Crippen LogP) is 0.236. The van der Waals surface area contributed by atoms with Crippen LogP contribution in [0, 0.1) is 0 Å². The van der Waals surface area contributed by atoms with Gasteiger partial charge in [-0.15, -0.1) is 0 Å². The second-order valence-electron chi connectivity index (χ2n) is 5.70. The number of nitrogens with zero attached hydrogens (tertiary/aromatic N) is 4. The van der Waals surface area contributed by atoms with E-state index in [2.05, 4.69) is 15.0 Å². The van der Waals surface area contributed by atoms with Crippen molar-refractivity contribution in [3.63, 3.8) is 0 Å². The monoisotopic (exact) mass is 292 g/mol. The lowest BCUT2D eigenvalue weighted by molar-refractivity contribution is -0.199. The Bertz CT molecular complexity index is 673. The molecular weight excluding hydrogens is 276 g/mol. The van der Waals surface area contributed by atoms with Crippen LogP contribution in [0.1, 0.15) is 20.1 Å². The van der Waals surface area contributed by atoms with E-state index in [4.69, 9.17) is 14.2 Å². The molecule has 2 saturated heterocycles. The van der Waals surface area contributed by atoms with Gasteiger partial charge in [-0.1, -0.05) is 0 Å². The molecule has 0 radical (unpaired) electrons. The molecule has 112 valence electrons. The lowest BCUT2D eigenvalue weighted by Crippen LogP contribution is -2.31. The van der Waals surface area contributed by atoms with E-state index in [-0.39, 0.29) is 18.8 Å². The number of hydrogen-bond donors (Lipinski definition) is 1. The molecule has 4 rings (SSSR count). The van der Waals surface area contributed by atoms with Gasteiger partial charge in [-0.2, -0.15) is 0 Å². The number of ether oxygens (including phenoxy) is 3. The minimum atomic E-state index is -0.698. The molecule has 21 heavy (non-hydrogen) atoms. The first-order valence-corrected chi connectivity index (χ1v) is 6.83. The zero-order valence-electron chi connectivity index (χ0n) is 11.7. The van der Waals surface area contributed by atoms with Gasteiger partial charge in [-0.25, -0.2) is 15.0 Å². The fraction of sp³-hybridized carbons (Fsp3) is 0.615. The summed E-state index contributed by atoms with van der Waals surface area (Å²) in [4.78, 5) is 12.5. The third-order valence-electron chi connectivity index (χ3n) is 3.82. The zero-order chi connectivity index (χ0) is 14.6. The first-order chi connectivity index (χ1) is 10.1. The highest BCUT2D eigenvalue weighted by Gasteiger charge is 2.55. The minimum absolute atomic E-state index is 0.126. The molecule has 0 amide bonds. The Labute approximate surface area is 120 Å². The lowest BCUT2D eigenvalue weighted by Gasteiger charge is -2.24. The van der Waals surface area contributed by atoms with Crippen LogP contribution in [-0.2, 0) is 14.2 Å². The zero-order valence-corrected chi connectivity index (χ0v) is 11.7. The first kappa shape index (κ1) is 13.1. The largest absolute Gasteiger partial charge is 0.394 e. The fourth-order valence-electron chi connectivity index (χ4n) is 3.00. The normalized spacial score (nSPS) is 34.4. The molecule has 4 heterocycles. The van der Waals surface area contributed by atoms with Crippen LogP contribution in [0.25, 0.3) is 11.2 Å². The number of hydrogen-bond acceptors (Lipinski definition) is 7. The SMILES string of the molecule is CC1(C)OC2C(CO)OC(n3cnc4cncnc43)C2O1. The van der Waals surface area contributed by atoms with Gasteiger partial charge in [0.05, 0.1) is 19.1 Å². The van der Waals surface area contributed by atoms with Crippen molar-refractivity contribution in [2.75, 3.05) is 6.61 Å². The van der Waals surface area contributed by atoms with Crippen molar-refractivity contribution in [1.29, 1.82) is 0 Å². The summed E-state index contributed by atoms with van der Waals surface area (Å²) >= 11 is 0. The van der Waals surface area contributed by atoms with Gasteiger partial charge in [0, 0.05) is 0 Å². The van der Waals surface area contributed by atoms with Crippen LogP contribution in [0.3, 0.4) is 0 Å². The maximum atomic E-state index is 9.50. The summed E-state index contributed by atoms with van der Waals surface area (Å²) in [6.45, 7) is 3.58. The van der Waals surface area contributed by atoms with E-state index < -0.39 is 18.1 Å². The van der Waals surface area contributed by atoms with E-state index in [1.165, 1.54) is 6.33 Å². The second kappa shape index (κ2) is 4.44. The molecule has 2 aromatic rings. The highest BCUT2D eigenvalue weighted by atomic mass is 16.8. The van der Waals surface area contributed by atoms with Crippen LogP contribution in [-0.4, -0.2) is 55.3 Å². The van der Waals surface area contributed by atoms with E-state index in [0.717, 1.165) is 0 Å². The molecule has 2 aliphatic rings. The summed E-state index contributed by atoms with van der Waals surface area (Å²) in [7, 11) is 0. The molecule has 8 nitrogen and oxygen atoms in total. The summed E-state index contributed by atoms with van der Waals surface area (Å²) in [5, 5.41) is 9.50. The van der Waals surface area contributed by atoms with Crippen LogP contribution in [0.5, 0.6) is 0 Å². The summed E-state index contributed by atoms with van der Waals surface area (Å²) in [6, 6.07) is 0. The van der Waals surface area contributed by atoms with E-state index in [9.17, 15) is 5.11 Å². The van der Waals surface area contributed by atoms with Crippen molar-refractivity contribution in [2.45, 2.75) is 44.2 Å². The Morgan fingerprint density at radius 1 is 1.29 bits per heavy atom. The third kappa shape index (κ3) is 1.95. The molecule has 4 atom stereocenters. The highest BCUT2D eigenvalue weighted by molar-refractivity contribution is 5.69. The van der Waals surface area contributed by atoms with Crippen molar-refractivity contribution in [3.05, 3.63) is 18.9 Å². The molecule has 0 aromatic carbocycles. The van der Waals surface area contributed by atoms with Crippen LogP contribution in [0.4, 0.5) is 0 Å². The van der Waals surface area contributed by atoms with Gasteiger partial charge in [0.1, 0.15) is 30.2 Å². The molecule has 2 aliphatic heterocycles. The smallest absolute Gasteiger partial charge is 0.166 e. The number of rotatable bonds is 2. The third-order valence-corrected chi connectivity index (χ3v) is 3.82. The molecule has 2 fully saturated rings. The summed E-state index contributed by atoms with van der Waals surface area (Å²) in [5.74, 6) is -0.698. The van der Waals surface area contributed by atoms with Gasteiger partial charge in [0.2, 0.25) is 0 Å². The van der Waals surface area contributed by atoms with Crippen LogP contribution >= 0.6 is 0 Å². The van der Waals surface area contributed by atoms with E-state index >= 15 is 0 Å². The predicted molar refractivity (Wildman–Crippen MR) is 70.1 cm³/mol. The molecule has 0 saturated carbocycles. The first-order valence-electron chi connectivity index (χ1n) is 6.83. The van der Waals surface area contributed by atoms with Gasteiger partial charge >= 0.3 is 0 Å². The van der Waals surface area contributed by atoms with Gasteiger partial charge in [0.15, 0.2) is 17.7 Å². The Hall–Kier alpha value is -1.61. The molecule has 0 spiro atoms.